The number of hydrogen-bond donors (Lipinski definition) is 0. The molecule has 2 heterocycles. The summed E-state index contributed by atoms with van der Waals surface area (Å²) in [7, 11) is 0. The molecule has 0 aromatic heterocycles. The van der Waals surface area contributed by atoms with Crippen LogP contribution >= 0.6 is 0 Å². The van der Waals surface area contributed by atoms with Crippen LogP contribution in [0.2, 0.25) is 0 Å². The molecule has 0 spiro atoms. The normalized spacial score (nSPS) is 15.7. The molecule has 0 radical (unpaired) electrons. The average Bonchev–Trinajstić information content (AvgIpc) is 3.52. The number of rotatable bonds is 8. The molecule has 2 aliphatic heterocycles. The molecule has 2 aromatic carbocycles. The second kappa shape index (κ2) is 10.2. The van der Waals surface area contributed by atoms with E-state index in [9.17, 15) is 9.59 Å². The first-order chi connectivity index (χ1) is 15.2. The minimum absolute atomic E-state index is 0.0299. The van der Waals surface area contributed by atoms with Crippen molar-refractivity contribution in [1.29, 1.82) is 0 Å². The fourth-order valence-corrected chi connectivity index (χ4v) is 3.75. The summed E-state index contributed by atoms with van der Waals surface area (Å²) in [5, 5.41) is 0. The van der Waals surface area contributed by atoms with Gasteiger partial charge in [0, 0.05) is 26.2 Å². The molecule has 2 aromatic rings. The number of hydrogen-bond acceptors (Lipinski definition) is 5. The maximum Gasteiger partial charge on any atom is 0.260 e. The van der Waals surface area contributed by atoms with E-state index in [0.717, 1.165) is 51.9 Å². The molecule has 2 saturated heterocycles. The fourth-order valence-electron chi connectivity index (χ4n) is 3.75. The molecule has 164 valence electrons. The van der Waals surface area contributed by atoms with Gasteiger partial charge in [-0.2, -0.15) is 0 Å². The Hall–Kier alpha value is -3.22. The smallest absolute Gasteiger partial charge is 0.260 e. The van der Waals surface area contributed by atoms with Crippen molar-refractivity contribution in [2.24, 2.45) is 0 Å². The summed E-state index contributed by atoms with van der Waals surface area (Å²) < 4.78 is 17.0. The van der Waals surface area contributed by atoms with Gasteiger partial charge < -0.3 is 24.0 Å². The van der Waals surface area contributed by atoms with E-state index in [1.807, 2.05) is 9.80 Å². The molecular weight excluding hydrogens is 396 g/mol. The Kier molecular flexibility index (Phi) is 6.92. The number of ether oxygens (including phenoxy) is 3. The van der Waals surface area contributed by atoms with Crippen molar-refractivity contribution in [3.05, 3.63) is 48.5 Å². The first-order valence-corrected chi connectivity index (χ1v) is 10.9. The van der Waals surface area contributed by atoms with Crippen LogP contribution in [0.15, 0.2) is 48.5 Å². The Morgan fingerprint density at radius 2 is 0.903 bits per heavy atom. The quantitative estimate of drug-likeness (QED) is 0.649. The molecule has 0 atom stereocenters. The molecule has 7 nitrogen and oxygen atoms in total. The van der Waals surface area contributed by atoms with Gasteiger partial charge in [-0.3, -0.25) is 9.59 Å². The second-order valence-corrected chi connectivity index (χ2v) is 7.80. The van der Waals surface area contributed by atoms with Crippen LogP contribution in [-0.2, 0) is 9.59 Å². The molecule has 0 aliphatic carbocycles. The highest BCUT2D eigenvalue weighted by Gasteiger charge is 2.19. The second-order valence-electron chi connectivity index (χ2n) is 7.80. The highest BCUT2D eigenvalue weighted by molar-refractivity contribution is 5.78. The summed E-state index contributed by atoms with van der Waals surface area (Å²) >= 11 is 0. The third-order valence-electron chi connectivity index (χ3n) is 5.53. The van der Waals surface area contributed by atoms with Crippen LogP contribution < -0.4 is 14.2 Å². The Morgan fingerprint density at radius 1 is 0.581 bits per heavy atom. The van der Waals surface area contributed by atoms with Crippen molar-refractivity contribution < 1.29 is 23.8 Å². The van der Waals surface area contributed by atoms with Gasteiger partial charge in [-0.1, -0.05) is 0 Å². The van der Waals surface area contributed by atoms with Gasteiger partial charge in [0.2, 0.25) is 0 Å². The van der Waals surface area contributed by atoms with Crippen molar-refractivity contribution in [1.82, 2.24) is 9.80 Å². The zero-order chi connectivity index (χ0) is 21.5. The summed E-state index contributed by atoms with van der Waals surface area (Å²) in [5.41, 5.74) is 0. The topological polar surface area (TPSA) is 68.3 Å². The van der Waals surface area contributed by atoms with Gasteiger partial charge in [0.15, 0.2) is 13.2 Å². The molecule has 31 heavy (non-hydrogen) atoms. The molecule has 2 fully saturated rings. The fraction of sp³-hybridized carbons (Fsp3) is 0.417. The van der Waals surface area contributed by atoms with E-state index >= 15 is 0 Å². The number of likely N-dealkylation sites (tertiary alicyclic amines) is 2. The Morgan fingerprint density at radius 3 is 1.26 bits per heavy atom. The number of carbonyl (C=O) groups excluding carboxylic acids is 2. The molecule has 0 saturated carbocycles. The zero-order valence-electron chi connectivity index (χ0n) is 17.6. The van der Waals surface area contributed by atoms with Crippen LogP contribution in [0.4, 0.5) is 0 Å². The Balaban J connectivity index is 1.22. The average molecular weight is 424 g/mol. The van der Waals surface area contributed by atoms with Gasteiger partial charge in [0.05, 0.1) is 0 Å². The standard InChI is InChI=1S/C24H28N2O5/c27-23(25-13-1-2-14-25)17-29-19-5-9-21(10-6-19)31-22-11-7-20(8-12-22)30-18-24(28)26-15-3-4-16-26/h5-12H,1-4,13-18H2. The van der Waals surface area contributed by atoms with Crippen LogP contribution in [0.1, 0.15) is 25.7 Å². The molecule has 2 aliphatic rings. The number of carbonyl (C=O) groups is 2. The Bertz CT molecular complexity index is 796. The maximum atomic E-state index is 12.0. The van der Waals surface area contributed by atoms with E-state index in [1.54, 1.807) is 48.5 Å². The van der Waals surface area contributed by atoms with Crippen molar-refractivity contribution in [3.63, 3.8) is 0 Å². The summed E-state index contributed by atoms with van der Waals surface area (Å²) in [6, 6.07) is 14.3. The van der Waals surface area contributed by atoms with Crippen LogP contribution in [-0.4, -0.2) is 61.0 Å². The zero-order valence-corrected chi connectivity index (χ0v) is 17.6. The lowest BCUT2D eigenvalue weighted by Gasteiger charge is -2.16. The van der Waals surface area contributed by atoms with Crippen LogP contribution in [0, 0.1) is 0 Å². The summed E-state index contributed by atoms with van der Waals surface area (Å²) in [6.07, 6.45) is 4.28. The molecule has 0 N–H and O–H groups in total. The SMILES string of the molecule is O=C(COc1ccc(Oc2ccc(OCC(=O)N3CCCC3)cc2)cc1)N1CCCC1. The minimum atomic E-state index is 0.0299. The number of nitrogens with zero attached hydrogens (tertiary/aromatic N) is 2. The molecule has 4 rings (SSSR count). The van der Waals surface area contributed by atoms with Gasteiger partial charge in [-0.25, -0.2) is 0 Å². The van der Waals surface area contributed by atoms with Crippen molar-refractivity contribution in [2.75, 3.05) is 39.4 Å². The van der Waals surface area contributed by atoms with Crippen LogP contribution in [0.3, 0.4) is 0 Å². The lowest BCUT2D eigenvalue weighted by atomic mass is 10.3. The third-order valence-corrected chi connectivity index (χ3v) is 5.53. The monoisotopic (exact) mass is 424 g/mol. The van der Waals surface area contributed by atoms with E-state index in [4.69, 9.17) is 14.2 Å². The first-order valence-electron chi connectivity index (χ1n) is 10.9. The van der Waals surface area contributed by atoms with E-state index < -0.39 is 0 Å². The molecule has 0 unspecified atom stereocenters. The van der Waals surface area contributed by atoms with Crippen molar-refractivity contribution in [3.8, 4) is 23.0 Å². The van der Waals surface area contributed by atoms with E-state index in [2.05, 4.69) is 0 Å². The maximum absolute atomic E-state index is 12.0. The highest BCUT2D eigenvalue weighted by Crippen LogP contribution is 2.26. The molecule has 0 bridgehead atoms. The minimum Gasteiger partial charge on any atom is -0.484 e. The largest absolute Gasteiger partial charge is 0.484 e. The lowest BCUT2D eigenvalue weighted by molar-refractivity contribution is -0.133. The van der Waals surface area contributed by atoms with E-state index in [1.165, 1.54) is 0 Å². The number of benzene rings is 2. The van der Waals surface area contributed by atoms with Crippen molar-refractivity contribution >= 4 is 11.8 Å². The van der Waals surface area contributed by atoms with Crippen LogP contribution in [0.25, 0.3) is 0 Å². The molecular formula is C24H28N2O5. The van der Waals surface area contributed by atoms with E-state index in [-0.39, 0.29) is 25.0 Å². The lowest BCUT2D eigenvalue weighted by Crippen LogP contribution is -2.32. The summed E-state index contributed by atoms with van der Waals surface area (Å²) in [6.45, 7) is 3.42. The van der Waals surface area contributed by atoms with Gasteiger partial charge in [0.1, 0.15) is 23.0 Å². The Labute approximate surface area is 182 Å². The van der Waals surface area contributed by atoms with Crippen molar-refractivity contribution in [2.45, 2.75) is 25.7 Å². The predicted octanol–water partition coefficient (Wildman–Crippen LogP) is 3.48. The highest BCUT2D eigenvalue weighted by atomic mass is 16.5. The summed E-state index contributed by atoms with van der Waals surface area (Å²) in [5.74, 6) is 2.65. The van der Waals surface area contributed by atoms with Gasteiger partial charge in [-0.05, 0) is 74.2 Å². The first kappa shape index (κ1) is 21.0. The van der Waals surface area contributed by atoms with Gasteiger partial charge in [0.25, 0.3) is 11.8 Å². The molecule has 7 heteroatoms. The summed E-state index contributed by atoms with van der Waals surface area (Å²) in [4.78, 5) is 27.8. The van der Waals surface area contributed by atoms with E-state index in [0.29, 0.717) is 23.0 Å². The van der Waals surface area contributed by atoms with Gasteiger partial charge in [-0.15, -0.1) is 0 Å². The molecule has 2 amide bonds. The third kappa shape index (κ3) is 5.90. The van der Waals surface area contributed by atoms with Crippen LogP contribution in [0.5, 0.6) is 23.0 Å². The number of amides is 2. The van der Waals surface area contributed by atoms with Gasteiger partial charge >= 0.3 is 0 Å². The predicted molar refractivity (Wildman–Crippen MR) is 116 cm³/mol.